The Labute approximate surface area is 164 Å². The maximum Gasteiger partial charge on any atom is -0.0264 e. The molecule has 0 saturated heterocycles. The van der Waals surface area contributed by atoms with Crippen molar-refractivity contribution in [1.82, 2.24) is 0 Å². The van der Waals surface area contributed by atoms with Crippen LogP contribution in [0.5, 0.6) is 0 Å². The molecule has 0 aliphatic heterocycles. The lowest BCUT2D eigenvalue weighted by molar-refractivity contribution is -0.0950. The molecule has 0 heterocycles. The third-order valence-corrected chi connectivity index (χ3v) is 10.5. The molecular weight excluding hydrogens is 312 g/mol. The smallest absolute Gasteiger partial charge is 0.0264 e. The highest BCUT2D eigenvalue weighted by atomic mass is 14.6. The van der Waals surface area contributed by atoms with E-state index in [1.54, 1.807) is 44.9 Å². The Bertz CT molecular complexity index is 478. The van der Waals surface area contributed by atoms with Gasteiger partial charge in [0.25, 0.3) is 0 Å². The molecule has 7 unspecified atom stereocenters. The highest BCUT2D eigenvalue weighted by Crippen LogP contribution is 2.63. The van der Waals surface area contributed by atoms with Crippen molar-refractivity contribution in [1.29, 1.82) is 0 Å². The predicted molar refractivity (Wildman–Crippen MR) is 113 cm³/mol. The van der Waals surface area contributed by atoms with E-state index in [2.05, 4.69) is 34.6 Å². The van der Waals surface area contributed by atoms with Crippen molar-refractivity contribution in [2.24, 2.45) is 58.7 Å². The average Bonchev–Trinajstić information content (AvgIpc) is 2.77. The fourth-order valence-corrected chi connectivity index (χ4v) is 9.14. The second-order valence-electron chi connectivity index (χ2n) is 11.7. The van der Waals surface area contributed by atoms with Gasteiger partial charge in [-0.1, -0.05) is 60.3 Å². The topological polar surface area (TPSA) is 0 Å². The number of hydrogen-bond donors (Lipinski definition) is 0. The van der Waals surface area contributed by atoms with Crippen molar-refractivity contribution in [3.63, 3.8) is 0 Å². The third kappa shape index (κ3) is 3.10. The molecule has 150 valence electrons. The van der Waals surface area contributed by atoms with Crippen LogP contribution >= 0.6 is 0 Å². The number of hydrogen-bond acceptors (Lipinski definition) is 0. The zero-order chi connectivity index (χ0) is 18.5. The van der Waals surface area contributed by atoms with Crippen molar-refractivity contribution in [3.8, 4) is 0 Å². The van der Waals surface area contributed by atoms with E-state index in [1.807, 2.05) is 0 Å². The van der Waals surface area contributed by atoms with Gasteiger partial charge in [-0.2, -0.15) is 0 Å². The van der Waals surface area contributed by atoms with Gasteiger partial charge in [0, 0.05) is 0 Å². The predicted octanol–water partition coefficient (Wildman–Crippen LogP) is 7.96. The summed E-state index contributed by atoms with van der Waals surface area (Å²) in [6, 6.07) is 0. The first-order valence-corrected chi connectivity index (χ1v) is 12.5. The molecule has 0 spiro atoms. The van der Waals surface area contributed by atoms with Gasteiger partial charge in [0.05, 0.1) is 0 Å². The van der Waals surface area contributed by atoms with Crippen LogP contribution in [0.4, 0.5) is 0 Å². The lowest BCUT2D eigenvalue weighted by atomic mass is 9.46. The Morgan fingerprint density at radius 2 is 1.58 bits per heavy atom. The fourth-order valence-electron chi connectivity index (χ4n) is 9.14. The highest BCUT2D eigenvalue weighted by molar-refractivity contribution is 5.04. The minimum absolute atomic E-state index is 0.664. The summed E-state index contributed by atoms with van der Waals surface area (Å²) in [6.45, 7) is 12.8. The quantitative estimate of drug-likeness (QED) is 0.469. The van der Waals surface area contributed by atoms with Crippen LogP contribution in [0.3, 0.4) is 0 Å². The van der Waals surface area contributed by atoms with Gasteiger partial charge in [-0.25, -0.2) is 0 Å². The molecule has 0 amide bonds. The summed E-state index contributed by atoms with van der Waals surface area (Å²) in [5.41, 5.74) is 0.664. The van der Waals surface area contributed by atoms with E-state index in [0.717, 1.165) is 53.3 Å². The second kappa shape index (κ2) is 7.44. The molecule has 26 heavy (non-hydrogen) atoms. The van der Waals surface area contributed by atoms with E-state index < -0.39 is 0 Å². The molecule has 0 aromatic heterocycles. The number of rotatable bonds is 2. The molecule has 4 aliphatic rings. The Hall–Kier alpha value is 0. The van der Waals surface area contributed by atoms with Gasteiger partial charge in [0.15, 0.2) is 0 Å². The summed E-state index contributed by atoms with van der Waals surface area (Å²) >= 11 is 0. The summed E-state index contributed by atoms with van der Waals surface area (Å²) in [4.78, 5) is 0. The Morgan fingerprint density at radius 1 is 0.846 bits per heavy atom. The number of fused-ring (bicyclic) bond motifs is 5. The maximum absolute atomic E-state index is 2.73. The average molecular weight is 359 g/mol. The van der Waals surface area contributed by atoms with Crippen LogP contribution in [0.15, 0.2) is 0 Å². The fraction of sp³-hybridized carbons (Fsp3) is 1.00. The molecule has 0 bridgehead atoms. The normalized spacial score (nSPS) is 51.9. The molecule has 4 rings (SSSR count). The van der Waals surface area contributed by atoms with Gasteiger partial charge >= 0.3 is 0 Å². The highest BCUT2D eigenvalue weighted by Gasteiger charge is 2.55. The molecule has 9 atom stereocenters. The molecule has 0 aromatic carbocycles. The first kappa shape index (κ1) is 19.3. The van der Waals surface area contributed by atoms with E-state index >= 15 is 0 Å². The largest absolute Gasteiger partial charge is 0.0651 e. The first-order chi connectivity index (χ1) is 12.5. The van der Waals surface area contributed by atoms with E-state index in [1.165, 1.54) is 25.7 Å². The summed E-state index contributed by atoms with van der Waals surface area (Å²) in [6.07, 6.45) is 17.0. The van der Waals surface area contributed by atoms with Crippen LogP contribution in [-0.4, -0.2) is 0 Å². The molecule has 0 heteroatoms. The minimum Gasteiger partial charge on any atom is -0.0651 e. The van der Waals surface area contributed by atoms with E-state index in [-0.39, 0.29) is 0 Å². The van der Waals surface area contributed by atoms with Crippen LogP contribution in [0, 0.1) is 58.7 Å². The van der Waals surface area contributed by atoms with Crippen LogP contribution in [0.25, 0.3) is 0 Å². The molecule has 0 N–H and O–H groups in total. The van der Waals surface area contributed by atoms with Gasteiger partial charge in [0.2, 0.25) is 0 Å². The first-order valence-electron chi connectivity index (χ1n) is 12.5. The second-order valence-corrected chi connectivity index (χ2v) is 11.7. The molecule has 0 nitrogen and oxygen atoms in total. The summed E-state index contributed by atoms with van der Waals surface area (Å²) in [5, 5.41) is 0. The van der Waals surface area contributed by atoms with Crippen molar-refractivity contribution in [3.05, 3.63) is 0 Å². The van der Waals surface area contributed by atoms with Gasteiger partial charge in [-0.15, -0.1) is 0 Å². The lowest BCUT2D eigenvalue weighted by Gasteiger charge is -2.59. The van der Waals surface area contributed by atoms with Crippen molar-refractivity contribution in [2.75, 3.05) is 0 Å². The van der Waals surface area contributed by atoms with Crippen molar-refractivity contribution >= 4 is 0 Å². The van der Waals surface area contributed by atoms with E-state index in [4.69, 9.17) is 0 Å². The van der Waals surface area contributed by atoms with Gasteiger partial charge in [-0.3, -0.25) is 0 Å². The zero-order valence-electron chi connectivity index (χ0n) is 18.5. The molecular formula is C26H46. The molecule has 4 saturated carbocycles. The Morgan fingerprint density at radius 3 is 2.31 bits per heavy atom. The van der Waals surface area contributed by atoms with Gasteiger partial charge < -0.3 is 0 Å². The van der Waals surface area contributed by atoms with Crippen LogP contribution < -0.4 is 0 Å². The monoisotopic (exact) mass is 358 g/mol. The summed E-state index contributed by atoms with van der Waals surface area (Å²) < 4.78 is 0. The van der Waals surface area contributed by atoms with Crippen LogP contribution in [0.1, 0.15) is 105 Å². The van der Waals surface area contributed by atoms with Crippen molar-refractivity contribution in [2.45, 2.75) is 105 Å². The van der Waals surface area contributed by atoms with Crippen molar-refractivity contribution < 1.29 is 0 Å². The van der Waals surface area contributed by atoms with Crippen LogP contribution in [-0.2, 0) is 0 Å². The zero-order valence-corrected chi connectivity index (χ0v) is 18.5. The van der Waals surface area contributed by atoms with E-state index in [0.29, 0.717) is 5.41 Å². The molecule has 0 radical (unpaired) electrons. The Balaban J connectivity index is 1.60. The van der Waals surface area contributed by atoms with Crippen LogP contribution in [0.2, 0.25) is 0 Å². The SMILES string of the molecule is CCC1CC[C@@H]2C3CCC4(C)C(C(C)C)CCCC4C3CC[C@@H](C)C2C1. The molecule has 4 fully saturated rings. The standard InChI is InChI=1S/C26H46/c1-6-19-11-13-20-21-14-15-26(5)24(17(2)3)8-7-9-25(26)22(21)12-10-18(4)23(20)16-19/h17-25H,6-16H2,1-5H3/t18-,19?,20-,21?,22?,23?,24?,25?,26?/m1/s1. The lowest BCUT2D eigenvalue weighted by Crippen LogP contribution is -2.51. The maximum atomic E-state index is 2.73. The van der Waals surface area contributed by atoms with Gasteiger partial charge in [-0.05, 0) is 104 Å². The molecule has 0 aromatic rings. The molecule has 4 aliphatic carbocycles. The minimum atomic E-state index is 0.664. The summed E-state index contributed by atoms with van der Waals surface area (Å²) in [5.74, 6) is 9.29. The van der Waals surface area contributed by atoms with Gasteiger partial charge in [0.1, 0.15) is 0 Å². The third-order valence-electron chi connectivity index (χ3n) is 10.5. The van der Waals surface area contributed by atoms with E-state index in [9.17, 15) is 0 Å². The Kier molecular flexibility index (Phi) is 5.53. The summed E-state index contributed by atoms with van der Waals surface area (Å²) in [7, 11) is 0.